The fourth-order valence-corrected chi connectivity index (χ4v) is 4.78. The molecule has 0 saturated carbocycles. The lowest BCUT2D eigenvalue weighted by atomic mass is 9.77. The van der Waals surface area contributed by atoms with Gasteiger partial charge < -0.3 is 35.6 Å². The number of carbonyl (C=O) groups is 1. The minimum Gasteiger partial charge on any atom is -0.395 e. The van der Waals surface area contributed by atoms with E-state index >= 15 is 0 Å². The van der Waals surface area contributed by atoms with Crippen LogP contribution in [0.1, 0.15) is 33.6 Å². The zero-order valence-electron chi connectivity index (χ0n) is 16.5. The van der Waals surface area contributed by atoms with Crippen LogP contribution in [0.4, 0.5) is 0 Å². The smallest absolute Gasteiger partial charge is 0.149 e. The van der Waals surface area contributed by atoms with Crippen LogP contribution in [-0.2, 0) is 9.53 Å². The Morgan fingerprint density at radius 2 is 1.85 bits per heavy atom. The summed E-state index contributed by atoms with van der Waals surface area (Å²) in [7, 11) is 1.82. The third kappa shape index (κ3) is 3.79. The molecule has 7 atom stereocenters. The molecule has 0 aliphatic carbocycles. The molecule has 9 heteroatoms. The van der Waals surface area contributed by atoms with Crippen molar-refractivity contribution < 1.29 is 35.1 Å². The average Bonchev–Trinajstić information content (AvgIpc) is 2.97. The van der Waals surface area contributed by atoms with Gasteiger partial charge in [0.1, 0.15) is 41.8 Å². The van der Waals surface area contributed by atoms with E-state index in [1.807, 2.05) is 25.8 Å². The topological polar surface area (TPSA) is 143 Å². The second kappa shape index (κ2) is 8.38. The van der Waals surface area contributed by atoms with Crippen LogP contribution in [0.2, 0.25) is 0 Å². The van der Waals surface area contributed by atoms with Crippen molar-refractivity contribution in [2.75, 3.05) is 26.8 Å². The van der Waals surface area contributed by atoms with Gasteiger partial charge in [0.2, 0.25) is 0 Å². The Morgan fingerprint density at radius 3 is 2.33 bits per heavy atom. The first-order valence-electron chi connectivity index (χ1n) is 9.44. The number of aliphatic hydroxyl groups is 5. The summed E-state index contributed by atoms with van der Waals surface area (Å²) in [6, 6.07) is -1.42. The highest BCUT2D eigenvalue weighted by Crippen LogP contribution is 2.47. The van der Waals surface area contributed by atoms with Gasteiger partial charge in [-0.2, -0.15) is 0 Å². The molecule has 2 aliphatic heterocycles. The fraction of sp³-hybridized carbons (Fsp3) is 0.944. The Kier molecular flexibility index (Phi) is 7.03. The molecular weight excluding hydrogens is 356 g/mol. The summed E-state index contributed by atoms with van der Waals surface area (Å²) >= 11 is 0. The van der Waals surface area contributed by atoms with E-state index in [1.54, 1.807) is 0 Å². The van der Waals surface area contributed by atoms with E-state index in [0.29, 0.717) is 13.0 Å². The van der Waals surface area contributed by atoms with E-state index in [2.05, 4.69) is 5.32 Å². The van der Waals surface area contributed by atoms with Crippen LogP contribution in [0.15, 0.2) is 0 Å². The van der Waals surface area contributed by atoms with Crippen molar-refractivity contribution >= 4 is 5.78 Å². The molecule has 2 fully saturated rings. The molecule has 2 aliphatic rings. The minimum atomic E-state index is -1.57. The molecular formula is C18H34N2O7. The summed E-state index contributed by atoms with van der Waals surface area (Å²) in [5.41, 5.74) is -2.04. The molecule has 9 nitrogen and oxygen atoms in total. The summed E-state index contributed by atoms with van der Waals surface area (Å²) in [6.45, 7) is 5.15. The number of hydrogen-bond acceptors (Lipinski definition) is 9. The summed E-state index contributed by atoms with van der Waals surface area (Å²) < 4.78 is 5.92. The lowest BCUT2D eigenvalue weighted by Crippen LogP contribution is -2.71. The first-order valence-corrected chi connectivity index (χ1v) is 9.44. The highest BCUT2D eigenvalue weighted by atomic mass is 16.6. The van der Waals surface area contributed by atoms with Crippen LogP contribution in [0.25, 0.3) is 0 Å². The number of ketones is 1. The van der Waals surface area contributed by atoms with Crippen molar-refractivity contribution in [1.82, 2.24) is 10.2 Å². The SMILES string of the molecule is CNCCC(C)(C)N1C(CO)CC2(OC(CO)C(O)C(O)C2O)C1C(C)=O. The van der Waals surface area contributed by atoms with Crippen molar-refractivity contribution in [3.63, 3.8) is 0 Å². The second-order valence-corrected chi connectivity index (χ2v) is 8.35. The molecule has 0 aromatic rings. The van der Waals surface area contributed by atoms with E-state index in [4.69, 9.17) is 4.74 Å². The first-order chi connectivity index (χ1) is 12.6. The number of rotatable bonds is 7. The maximum Gasteiger partial charge on any atom is 0.149 e. The van der Waals surface area contributed by atoms with Crippen LogP contribution in [0.3, 0.4) is 0 Å². The molecule has 2 rings (SSSR count). The summed E-state index contributed by atoms with van der Waals surface area (Å²) in [6.07, 6.45) is -4.95. The summed E-state index contributed by atoms with van der Waals surface area (Å²) in [5, 5.41) is 53.9. The molecule has 0 radical (unpaired) electrons. The van der Waals surface area contributed by atoms with E-state index in [-0.39, 0.29) is 18.8 Å². The van der Waals surface area contributed by atoms with Gasteiger partial charge in [0.15, 0.2) is 0 Å². The van der Waals surface area contributed by atoms with Gasteiger partial charge in [0.25, 0.3) is 0 Å². The van der Waals surface area contributed by atoms with Crippen molar-refractivity contribution in [1.29, 1.82) is 0 Å². The number of likely N-dealkylation sites (tertiary alicyclic amines) is 1. The molecule has 0 amide bonds. The van der Waals surface area contributed by atoms with Crippen molar-refractivity contribution in [2.45, 2.75) is 81.3 Å². The van der Waals surface area contributed by atoms with Crippen LogP contribution < -0.4 is 5.32 Å². The Balaban J connectivity index is 2.52. The molecule has 2 heterocycles. The van der Waals surface area contributed by atoms with Gasteiger partial charge in [-0.15, -0.1) is 0 Å². The molecule has 2 saturated heterocycles. The average molecular weight is 390 g/mol. The second-order valence-electron chi connectivity index (χ2n) is 8.35. The third-order valence-corrected chi connectivity index (χ3v) is 6.08. The van der Waals surface area contributed by atoms with E-state index in [0.717, 1.165) is 0 Å². The summed E-state index contributed by atoms with van der Waals surface area (Å²) in [5.74, 6) is -0.275. The Labute approximate surface area is 159 Å². The Morgan fingerprint density at radius 1 is 1.22 bits per heavy atom. The van der Waals surface area contributed by atoms with Crippen LogP contribution in [-0.4, -0.2) is 111 Å². The van der Waals surface area contributed by atoms with Crippen molar-refractivity contribution in [2.24, 2.45) is 0 Å². The predicted octanol–water partition coefficient (Wildman–Crippen LogP) is -2.39. The van der Waals surface area contributed by atoms with Crippen LogP contribution in [0.5, 0.6) is 0 Å². The molecule has 0 aromatic heterocycles. The van der Waals surface area contributed by atoms with Crippen LogP contribution >= 0.6 is 0 Å². The number of nitrogens with one attached hydrogen (secondary N) is 1. The largest absolute Gasteiger partial charge is 0.395 e. The minimum absolute atomic E-state index is 0.0954. The molecule has 6 N–H and O–H groups in total. The van der Waals surface area contributed by atoms with E-state index < -0.39 is 54.2 Å². The van der Waals surface area contributed by atoms with E-state index in [9.17, 15) is 30.3 Å². The number of nitrogens with zero attached hydrogens (tertiary/aromatic N) is 1. The highest BCUT2D eigenvalue weighted by molar-refractivity contribution is 5.84. The quantitative estimate of drug-likeness (QED) is 0.281. The number of hydrogen-bond donors (Lipinski definition) is 6. The Hall–Kier alpha value is -0.650. The zero-order chi connectivity index (χ0) is 20.6. The monoisotopic (exact) mass is 390 g/mol. The third-order valence-electron chi connectivity index (χ3n) is 6.08. The van der Waals surface area contributed by atoms with E-state index in [1.165, 1.54) is 6.92 Å². The van der Waals surface area contributed by atoms with Gasteiger partial charge in [-0.3, -0.25) is 9.69 Å². The maximum absolute atomic E-state index is 12.7. The van der Waals surface area contributed by atoms with Crippen molar-refractivity contribution in [3.05, 3.63) is 0 Å². The maximum atomic E-state index is 12.7. The Bertz CT molecular complexity index is 530. The molecule has 158 valence electrons. The van der Waals surface area contributed by atoms with Gasteiger partial charge in [0, 0.05) is 11.6 Å². The fourth-order valence-electron chi connectivity index (χ4n) is 4.78. The lowest BCUT2D eigenvalue weighted by Gasteiger charge is -2.51. The normalized spacial score (nSPS) is 40.6. The number of ether oxygens (including phenoxy) is 1. The van der Waals surface area contributed by atoms with Gasteiger partial charge in [-0.1, -0.05) is 0 Å². The lowest BCUT2D eigenvalue weighted by molar-refractivity contribution is -0.278. The highest BCUT2D eigenvalue weighted by Gasteiger charge is 2.66. The molecule has 0 bridgehead atoms. The van der Waals surface area contributed by atoms with Gasteiger partial charge in [0.05, 0.1) is 13.2 Å². The van der Waals surface area contributed by atoms with Gasteiger partial charge in [-0.25, -0.2) is 0 Å². The predicted molar refractivity (Wildman–Crippen MR) is 97.1 cm³/mol. The number of carbonyl (C=O) groups excluding carboxylic acids is 1. The zero-order valence-corrected chi connectivity index (χ0v) is 16.5. The molecule has 27 heavy (non-hydrogen) atoms. The number of Topliss-reactive ketones (excluding diaryl/α,β-unsaturated/α-hetero) is 1. The van der Waals surface area contributed by atoms with Crippen LogP contribution in [0, 0.1) is 0 Å². The standard InChI is InChI=1S/C18H34N2O7/c1-10(23)15-18(16(26)14(25)13(24)12(9-22)27-18)7-11(8-21)20(15)17(2,3)5-6-19-4/h11-16,19,21-22,24-26H,5-9H2,1-4H3. The summed E-state index contributed by atoms with van der Waals surface area (Å²) in [4.78, 5) is 14.6. The first kappa shape index (κ1) is 22.6. The molecule has 7 unspecified atom stereocenters. The van der Waals surface area contributed by atoms with Gasteiger partial charge >= 0.3 is 0 Å². The molecule has 1 spiro atoms. The van der Waals surface area contributed by atoms with Crippen molar-refractivity contribution in [3.8, 4) is 0 Å². The number of aliphatic hydroxyl groups excluding tert-OH is 5. The van der Waals surface area contributed by atoms with Gasteiger partial charge in [-0.05, 0) is 47.2 Å². The molecule has 0 aromatic carbocycles.